The summed E-state index contributed by atoms with van der Waals surface area (Å²) < 4.78 is 5.50. The van der Waals surface area contributed by atoms with Crippen LogP contribution in [0, 0.1) is 6.92 Å². The predicted octanol–water partition coefficient (Wildman–Crippen LogP) is 4.78. The number of nitrogens with one attached hydrogen (secondary N) is 3. The van der Waals surface area contributed by atoms with Gasteiger partial charge >= 0.3 is 0 Å². The van der Waals surface area contributed by atoms with E-state index in [0.29, 0.717) is 27.6 Å². The van der Waals surface area contributed by atoms with Crippen LogP contribution in [0.3, 0.4) is 0 Å². The molecule has 3 aromatic rings. The van der Waals surface area contributed by atoms with E-state index in [1.165, 1.54) is 25.1 Å². The molecule has 0 spiro atoms. The summed E-state index contributed by atoms with van der Waals surface area (Å²) in [4.78, 5) is 37.0. The summed E-state index contributed by atoms with van der Waals surface area (Å²) >= 11 is 11.9. The quantitative estimate of drug-likeness (QED) is 0.437. The van der Waals surface area contributed by atoms with Crippen LogP contribution in [0.25, 0.3) is 0 Å². The Morgan fingerprint density at radius 2 is 1.58 bits per heavy atom. The van der Waals surface area contributed by atoms with Gasteiger partial charge in [0.25, 0.3) is 17.7 Å². The molecule has 0 heterocycles. The molecule has 3 amide bonds. The molecule has 7 nitrogen and oxygen atoms in total. The molecule has 0 fully saturated rings. The number of hydrazine groups is 1. The monoisotopic (exact) mass is 485 g/mol. The molecule has 170 valence electrons. The highest BCUT2D eigenvalue weighted by Gasteiger charge is 2.17. The second-order valence-corrected chi connectivity index (χ2v) is 7.97. The Morgan fingerprint density at radius 1 is 0.879 bits per heavy atom. The lowest BCUT2D eigenvalue weighted by Crippen LogP contribution is -2.47. The molecule has 0 aliphatic carbocycles. The maximum atomic E-state index is 12.4. The van der Waals surface area contributed by atoms with Crippen LogP contribution in [0.1, 0.15) is 33.2 Å². The number of carbonyl (C=O) groups excluding carboxylic acids is 3. The van der Waals surface area contributed by atoms with Crippen molar-refractivity contribution in [3.05, 3.63) is 93.5 Å². The number of rotatable bonds is 6. The molecule has 0 aromatic heterocycles. The highest BCUT2D eigenvalue weighted by Crippen LogP contribution is 2.28. The van der Waals surface area contributed by atoms with Crippen molar-refractivity contribution >= 4 is 46.6 Å². The summed E-state index contributed by atoms with van der Waals surface area (Å²) in [5.41, 5.74) is 6.88. The second-order valence-electron chi connectivity index (χ2n) is 7.12. The van der Waals surface area contributed by atoms with Crippen LogP contribution in [-0.2, 0) is 4.79 Å². The summed E-state index contributed by atoms with van der Waals surface area (Å²) in [6, 6.07) is 18.1. The van der Waals surface area contributed by atoms with Gasteiger partial charge in [-0.3, -0.25) is 25.2 Å². The number of halogens is 2. The molecule has 33 heavy (non-hydrogen) atoms. The largest absolute Gasteiger partial charge is 0.479 e. The molecule has 0 aliphatic heterocycles. The zero-order valence-electron chi connectivity index (χ0n) is 17.8. The first-order valence-electron chi connectivity index (χ1n) is 9.93. The van der Waals surface area contributed by atoms with Crippen LogP contribution < -0.4 is 20.9 Å². The minimum atomic E-state index is -0.928. The van der Waals surface area contributed by atoms with Crippen LogP contribution in [0.4, 0.5) is 5.69 Å². The standard InChI is InChI=1S/C24H21Cl2N3O4/c1-14-5-3-4-6-19(14)24(32)27-18-10-7-16(8-11-18)23(31)29-28-22(30)15(2)33-21-12-9-17(25)13-20(21)26/h3-13,15H,1-2H3,(H,27,32)(H,28,30)(H,29,31). The molecule has 0 radical (unpaired) electrons. The average Bonchev–Trinajstić information content (AvgIpc) is 2.79. The lowest BCUT2D eigenvalue weighted by Gasteiger charge is -2.16. The van der Waals surface area contributed by atoms with Crippen LogP contribution in [0.2, 0.25) is 10.0 Å². The smallest absolute Gasteiger partial charge is 0.279 e. The molecule has 1 atom stereocenters. The molecule has 1 unspecified atom stereocenters. The molecule has 3 rings (SSSR count). The Balaban J connectivity index is 1.52. The number of hydrogen-bond acceptors (Lipinski definition) is 4. The molecule has 0 saturated carbocycles. The van der Waals surface area contributed by atoms with Gasteiger partial charge in [-0.1, -0.05) is 41.4 Å². The third-order valence-corrected chi connectivity index (χ3v) is 5.19. The Kier molecular flexibility index (Phi) is 7.92. The summed E-state index contributed by atoms with van der Waals surface area (Å²) in [7, 11) is 0. The molecule has 0 bridgehead atoms. The summed E-state index contributed by atoms with van der Waals surface area (Å²) in [6.45, 7) is 3.37. The van der Waals surface area contributed by atoms with Gasteiger partial charge in [-0.15, -0.1) is 0 Å². The van der Waals surface area contributed by atoms with E-state index in [9.17, 15) is 14.4 Å². The number of ether oxygens (including phenoxy) is 1. The van der Waals surface area contributed by atoms with E-state index in [1.807, 2.05) is 19.1 Å². The summed E-state index contributed by atoms with van der Waals surface area (Å²) in [5.74, 6) is -1.06. The lowest BCUT2D eigenvalue weighted by molar-refractivity contribution is -0.128. The first-order valence-corrected chi connectivity index (χ1v) is 10.7. The van der Waals surface area contributed by atoms with Crippen molar-refractivity contribution in [1.29, 1.82) is 0 Å². The minimum absolute atomic E-state index is 0.243. The average molecular weight is 486 g/mol. The molecule has 3 N–H and O–H groups in total. The van der Waals surface area contributed by atoms with Crippen molar-refractivity contribution in [2.24, 2.45) is 0 Å². The van der Waals surface area contributed by atoms with E-state index in [4.69, 9.17) is 27.9 Å². The fourth-order valence-electron chi connectivity index (χ4n) is 2.84. The van der Waals surface area contributed by atoms with Gasteiger partial charge in [0.1, 0.15) is 5.75 Å². The molecule has 9 heteroatoms. The van der Waals surface area contributed by atoms with Crippen molar-refractivity contribution < 1.29 is 19.1 Å². The number of aryl methyl sites for hydroxylation is 1. The SMILES string of the molecule is Cc1ccccc1C(=O)Nc1ccc(C(=O)NNC(=O)C(C)Oc2ccc(Cl)cc2Cl)cc1. The van der Waals surface area contributed by atoms with Crippen LogP contribution in [0.5, 0.6) is 5.75 Å². The zero-order valence-corrected chi connectivity index (χ0v) is 19.3. The first kappa shape index (κ1) is 24.1. The van der Waals surface area contributed by atoms with Crippen molar-refractivity contribution in [1.82, 2.24) is 10.9 Å². The molecule has 0 saturated heterocycles. The van der Waals surface area contributed by atoms with Gasteiger partial charge in [-0.2, -0.15) is 0 Å². The third kappa shape index (κ3) is 6.47. The molecular formula is C24H21Cl2N3O4. The Hall–Kier alpha value is -3.55. The van der Waals surface area contributed by atoms with Gasteiger partial charge < -0.3 is 10.1 Å². The van der Waals surface area contributed by atoms with Crippen LogP contribution >= 0.6 is 23.2 Å². The van der Waals surface area contributed by atoms with Gasteiger partial charge in [-0.05, 0) is 67.9 Å². The van der Waals surface area contributed by atoms with E-state index in [1.54, 1.807) is 36.4 Å². The number of hydrogen-bond donors (Lipinski definition) is 3. The zero-order chi connectivity index (χ0) is 24.0. The van der Waals surface area contributed by atoms with E-state index in [0.717, 1.165) is 5.56 Å². The topological polar surface area (TPSA) is 96.5 Å². The fourth-order valence-corrected chi connectivity index (χ4v) is 3.29. The molecular weight excluding hydrogens is 465 g/mol. The number of carbonyl (C=O) groups is 3. The van der Waals surface area contributed by atoms with Crippen LogP contribution in [0.15, 0.2) is 66.7 Å². The Bertz CT molecular complexity index is 1180. The molecule has 3 aromatic carbocycles. The summed E-state index contributed by atoms with van der Waals surface area (Å²) in [5, 5.41) is 3.49. The maximum Gasteiger partial charge on any atom is 0.279 e. The van der Waals surface area contributed by atoms with Gasteiger partial charge in [-0.25, -0.2) is 0 Å². The first-order chi connectivity index (χ1) is 15.7. The van der Waals surface area contributed by atoms with E-state index >= 15 is 0 Å². The van der Waals surface area contributed by atoms with Gasteiger partial charge in [0, 0.05) is 21.8 Å². The van der Waals surface area contributed by atoms with Gasteiger partial charge in [0.05, 0.1) is 5.02 Å². The number of benzene rings is 3. The summed E-state index contributed by atoms with van der Waals surface area (Å²) in [6.07, 6.45) is -0.928. The van der Waals surface area contributed by atoms with E-state index < -0.39 is 17.9 Å². The molecule has 0 aliphatic rings. The highest BCUT2D eigenvalue weighted by atomic mass is 35.5. The van der Waals surface area contributed by atoms with Crippen molar-refractivity contribution in [3.63, 3.8) is 0 Å². The van der Waals surface area contributed by atoms with E-state index in [-0.39, 0.29) is 10.9 Å². The van der Waals surface area contributed by atoms with Crippen molar-refractivity contribution in [3.8, 4) is 5.75 Å². The Labute approximate surface area is 201 Å². The Morgan fingerprint density at radius 3 is 2.24 bits per heavy atom. The van der Waals surface area contributed by atoms with Crippen molar-refractivity contribution in [2.75, 3.05) is 5.32 Å². The van der Waals surface area contributed by atoms with Crippen LogP contribution in [-0.4, -0.2) is 23.8 Å². The normalized spacial score (nSPS) is 11.3. The van der Waals surface area contributed by atoms with E-state index in [2.05, 4.69) is 16.2 Å². The number of anilines is 1. The van der Waals surface area contributed by atoms with Crippen molar-refractivity contribution in [2.45, 2.75) is 20.0 Å². The minimum Gasteiger partial charge on any atom is -0.479 e. The van der Waals surface area contributed by atoms with Gasteiger partial charge in [0.15, 0.2) is 6.10 Å². The highest BCUT2D eigenvalue weighted by molar-refractivity contribution is 6.35. The van der Waals surface area contributed by atoms with Gasteiger partial charge in [0.2, 0.25) is 0 Å². The number of amides is 3. The second kappa shape index (κ2) is 10.8. The predicted molar refractivity (Wildman–Crippen MR) is 128 cm³/mol. The lowest BCUT2D eigenvalue weighted by atomic mass is 10.1. The fraction of sp³-hybridized carbons (Fsp3) is 0.125. The maximum absolute atomic E-state index is 12.4. The third-order valence-electron chi connectivity index (χ3n) is 4.66.